The first-order valence-corrected chi connectivity index (χ1v) is 0.724. The van der Waals surface area contributed by atoms with Gasteiger partial charge in [-0.1, -0.05) is 0 Å². The van der Waals surface area contributed by atoms with Crippen molar-refractivity contribution >= 4 is 0 Å². The number of halogens is 1. The topological polar surface area (TPSA) is 23.8 Å². The van der Waals surface area contributed by atoms with Crippen molar-refractivity contribution in [2.75, 3.05) is 0 Å². The van der Waals surface area contributed by atoms with E-state index in [1.807, 2.05) is 0 Å². The maximum absolute atomic E-state index is 7.32. The fraction of sp³-hybridized carbons (Fsp3) is 0.500. The van der Waals surface area contributed by atoms with E-state index in [0.29, 0.717) is 0 Å². The fourth-order valence-electron chi connectivity index (χ4n) is 0. The molecule has 0 radical (unpaired) electrons. The molecule has 24 valence electrons. The van der Waals surface area contributed by atoms with E-state index >= 15 is 0 Å². The molecule has 0 bridgehead atoms. The van der Waals surface area contributed by atoms with Gasteiger partial charge in [0.15, 0.2) is 0 Å². The number of hydrogen-bond donors (Lipinski definition) is 0. The van der Waals surface area contributed by atoms with Crippen LogP contribution in [0.1, 0.15) is 6.92 Å². The van der Waals surface area contributed by atoms with Crippen molar-refractivity contribution in [3.63, 3.8) is 0 Å². The molecular weight excluding hydrogens is 188 g/mol. The Hall–Kier alpha value is 1.22. The van der Waals surface area contributed by atoms with Gasteiger partial charge in [0.1, 0.15) is 0 Å². The van der Waals surface area contributed by atoms with Crippen LogP contribution in [0, 0.1) is 11.3 Å². The third-order valence-corrected chi connectivity index (χ3v) is 0. The molecule has 0 amide bonds. The summed E-state index contributed by atoms with van der Waals surface area (Å²) in [5.74, 6) is 0. The van der Waals surface area contributed by atoms with E-state index in [4.69, 9.17) is 5.26 Å². The fourth-order valence-corrected chi connectivity index (χ4v) is 0. The van der Waals surface area contributed by atoms with Crippen LogP contribution in [-0.4, -0.2) is 0 Å². The minimum atomic E-state index is 0. The van der Waals surface area contributed by atoms with Crippen molar-refractivity contribution < 1.29 is 53.5 Å². The predicted molar refractivity (Wildman–Crippen MR) is 11.3 cm³/mol. The van der Waals surface area contributed by atoms with Crippen LogP contribution in [0.4, 0.5) is 0 Å². The van der Waals surface area contributed by atoms with E-state index < -0.39 is 0 Å². The molecule has 0 fully saturated rings. The zero-order valence-electron chi connectivity index (χ0n) is 3.33. The van der Waals surface area contributed by atoms with Crippen molar-refractivity contribution in [1.29, 1.82) is 5.26 Å². The Morgan fingerprint density at radius 1 is 1.60 bits per heavy atom. The second-order valence-electron chi connectivity index (χ2n) is 0.224. The molecule has 0 atom stereocenters. The van der Waals surface area contributed by atoms with Gasteiger partial charge in [-0.05, 0) is 0 Å². The number of nitrogens with zero attached hydrogens (tertiary/aromatic N) is 1. The number of hydrogen-bond acceptors (Lipinski definition) is 1. The molecule has 0 aromatic heterocycles. The van der Waals surface area contributed by atoms with E-state index in [1.54, 1.807) is 6.07 Å². The molecule has 0 aromatic rings. The molecule has 3 heteroatoms. The van der Waals surface area contributed by atoms with Crippen LogP contribution in [0.5, 0.6) is 0 Å². The Kier molecular flexibility index (Phi) is 61.7. The molecular formula is C2H3INNa. The Balaban J connectivity index is -0.0000000200. The van der Waals surface area contributed by atoms with Crippen LogP contribution in [0.2, 0.25) is 0 Å². The minimum absolute atomic E-state index is 0. The molecule has 0 N–H and O–H groups in total. The maximum atomic E-state index is 7.32. The average molecular weight is 191 g/mol. The van der Waals surface area contributed by atoms with Crippen LogP contribution >= 0.6 is 0 Å². The van der Waals surface area contributed by atoms with Gasteiger partial charge in [-0.15, -0.1) is 0 Å². The molecule has 0 aliphatic carbocycles. The van der Waals surface area contributed by atoms with Crippen molar-refractivity contribution in [3.05, 3.63) is 0 Å². The summed E-state index contributed by atoms with van der Waals surface area (Å²) in [5.41, 5.74) is 0. The summed E-state index contributed by atoms with van der Waals surface area (Å²) < 4.78 is 0. The smallest absolute Gasteiger partial charge is 1.00 e. The van der Waals surface area contributed by atoms with Crippen molar-refractivity contribution in [2.24, 2.45) is 0 Å². The monoisotopic (exact) mass is 191 g/mol. The van der Waals surface area contributed by atoms with Crippen LogP contribution in [0.3, 0.4) is 0 Å². The molecule has 0 saturated heterocycles. The van der Waals surface area contributed by atoms with E-state index in [1.165, 1.54) is 6.92 Å². The second kappa shape index (κ2) is 18.9. The van der Waals surface area contributed by atoms with E-state index in [2.05, 4.69) is 0 Å². The second-order valence-corrected chi connectivity index (χ2v) is 0.224. The van der Waals surface area contributed by atoms with Gasteiger partial charge in [0.05, 0.1) is 6.07 Å². The van der Waals surface area contributed by atoms with Crippen molar-refractivity contribution in [1.82, 2.24) is 0 Å². The number of rotatable bonds is 0. The summed E-state index contributed by atoms with van der Waals surface area (Å²) in [6.45, 7) is 1.43. The molecule has 1 nitrogen and oxygen atoms in total. The average Bonchev–Trinajstić information content (AvgIpc) is 0.918. The molecule has 0 aliphatic rings. The van der Waals surface area contributed by atoms with Crippen molar-refractivity contribution in [3.8, 4) is 6.07 Å². The first-order chi connectivity index (χ1) is 1.41. The van der Waals surface area contributed by atoms with Crippen LogP contribution in [0.15, 0.2) is 0 Å². The van der Waals surface area contributed by atoms with Gasteiger partial charge in [0, 0.05) is 6.92 Å². The summed E-state index contributed by atoms with van der Waals surface area (Å²) in [7, 11) is 0. The molecule has 0 unspecified atom stereocenters. The molecule has 0 aromatic carbocycles. The summed E-state index contributed by atoms with van der Waals surface area (Å²) >= 11 is 0. The molecule has 0 saturated carbocycles. The maximum Gasteiger partial charge on any atom is 1.00 e. The third kappa shape index (κ3) is 36.4. The quantitative estimate of drug-likeness (QED) is 0.277. The number of nitriles is 1. The standard InChI is InChI=1S/C2H3N.HI.Na/c1-2-3;;/h1H3;1H;/q;;+1/p-1. The van der Waals surface area contributed by atoms with Crippen molar-refractivity contribution in [2.45, 2.75) is 6.92 Å². The van der Waals surface area contributed by atoms with E-state index in [-0.39, 0.29) is 53.5 Å². The molecule has 0 spiro atoms. The predicted octanol–water partition coefficient (Wildman–Crippen LogP) is -5.46. The van der Waals surface area contributed by atoms with Crippen LogP contribution in [-0.2, 0) is 0 Å². The van der Waals surface area contributed by atoms with Gasteiger partial charge in [-0.2, -0.15) is 5.26 Å². The van der Waals surface area contributed by atoms with Crippen LogP contribution in [0.25, 0.3) is 0 Å². The SMILES string of the molecule is CC#N.[I-].[Na+]. The van der Waals surface area contributed by atoms with Crippen LogP contribution < -0.4 is 53.5 Å². The Morgan fingerprint density at radius 3 is 1.60 bits per heavy atom. The zero-order chi connectivity index (χ0) is 2.71. The Bertz CT molecular complexity index is 31.1. The first-order valence-electron chi connectivity index (χ1n) is 0.724. The molecule has 0 heterocycles. The minimum Gasteiger partial charge on any atom is -1.00 e. The van der Waals surface area contributed by atoms with Gasteiger partial charge in [-0.25, -0.2) is 0 Å². The van der Waals surface area contributed by atoms with Gasteiger partial charge >= 0.3 is 29.6 Å². The van der Waals surface area contributed by atoms with Gasteiger partial charge in [0.2, 0.25) is 0 Å². The molecule has 0 aliphatic heterocycles. The summed E-state index contributed by atoms with van der Waals surface area (Å²) in [6, 6.07) is 1.75. The normalized spacial score (nSPS) is 1.60. The van der Waals surface area contributed by atoms with E-state index in [9.17, 15) is 0 Å². The van der Waals surface area contributed by atoms with E-state index in [0.717, 1.165) is 0 Å². The first kappa shape index (κ1) is 16.3. The largest absolute Gasteiger partial charge is 1.00 e. The third-order valence-electron chi connectivity index (χ3n) is 0. The molecule has 5 heavy (non-hydrogen) atoms. The Morgan fingerprint density at radius 2 is 1.60 bits per heavy atom. The van der Waals surface area contributed by atoms with Gasteiger partial charge in [0.25, 0.3) is 0 Å². The summed E-state index contributed by atoms with van der Waals surface area (Å²) in [6.07, 6.45) is 0. The van der Waals surface area contributed by atoms with Gasteiger partial charge < -0.3 is 24.0 Å². The zero-order valence-corrected chi connectivity index (χ0v) is 7.48. The Labute approximate surface area is 71.1 Å². The summed E-state index contributed by atoms with van der Waals surface area (Å²) in [4.78, 5) is 0. The molecule has 0 rings (SSSR count). The van der Waals surface area contributed by atoms with Gasteiger partial charge in [-0.3, -0.25) is 0 Å². The summed E-state index contributed by atoms with van der Waals surface area (Å²) in [5, 5.41) is 7.32.